The van der Waals surface area contributed by atoms with Gasteiger partial charge in [0.1, 0.15) is 36.3 Å². The van der Waals surface area contributed by atoms with Crippen LogP contribution in [-0.2, 0) is 50.7 Å². The lowest BCUT2D eigenvalue weighted by Crippen LogP contribution is -2.46. The number of nitrogens with two attached hydrogens (primary N) is 1. The van der Waals surface area contributed by atoms with E-state index in [1.807, 2.05) is 6.92 Å². The number of nitrogens with zero attached hydrogens (tertiary/aromatic N) is 4. The lowest BCUT2D eigenvalue weighted by molar-refractivity contribution is -0.137. The van der Waals surface area contributed by atoms with Crippen molar-refractivity contribution in [1.82, 2.24) is 30.2 Å². The molecule has 0 bridgehead atoms. The highest BCUT2D eigenvalue weighted by atomic mass is 32.2. The lowest BCUT2D eigenvalue weighted by atomic mass is 9.87. The predicted molar refractivity (Wildman–Crippen MR) is 199 cm³/mol. The van der Waals surface area contributed by atoms with Gasteiger partial charge < -0.3 is 50.9 Å². The van der Waals surface area contributed by atoms with Gasteiger partial charge in [-0.05, 0) is 12.5 Å². The van der Waals surface area contributed by atoms with E-state index in [-0.39, 0.29) is 41.6 Å². The summed E-state index contributed by atoms with van der Waals surface area (Å²) in [5.41, 5.74) is 4.25. The molecule has 2 amide bonds. The number of nitrogen functional groups attached to an aromatic ring is 1. The van der Waals surface area contributed by atoms with Crippen LogP contribution in [0.4, 0.5) is 5.82 Å². The standard InChI is InChI=1S/C29H44N7O17P3S/c1-4-5-6-7-8-9-20(38)57-13-12-31-19(37)10-11-32-27(41)24(40)29(2,3)15-50-56(47,48)53-55(45,46)49-14-18-23(52-54(42,43)44)22(39)28(51-18)36-17-35-21-25(30)33-16-34-26(21)36/h8-9,16-18,22-24,28,39-40H,4-5,10-15H2,1-3H3,(H,31,37)(H,32,41)(H,45,46)(H,47,48)(H2,30,33,34)(H2,42,43,44)/b9-8+/t18-,22-,23-,24?,28-/m1/s1. The Balaban J connectivity index is 1.47. The van der Waals surface area contributed by atoms with Crippen LogP contribution in [0.3, 0.4) is 0 Å². The summed E-state index contributed by atoms with van der Waals surface area (Å²) in [7, 11) is -16.4. The summed E-state index contributed by atoms with van der Waals surface area (Å²) in [5, 5.41) is 26.1. The van der Waals surface area contributed by atoms with Crippen LogP contribution in [0.1, 0.15) is 46.3 Å². The molecular weight excluding hydrogens is 843 g/mol. The molecule has 0 aromatic carbocycles. The van der Waals surface area contributed by atoms with E-state index < -0.39 is 84.6 Å². The number of fused-ring (bicyclic) bond motifs is 1. The van der Waals surface area contributed by atoms with Crippen molar-refractivity contribution >= 4 is 69.1 Å². The third-order valence-corrected chi connectivity index (χ3v) is 11.5. The summed E-state index contributed by atoms with van der Waals surface area (Å²) in [6.07, 6.45) is -2.53. The van der Waals surface area contributed by atoms with Gasteiger partial charge in [0, 0.05) is 43.2 Å². The molecule has 0 radical (unpaired) electrons. The SMILES string of the molecule is CCCC#C/C=C/C(=O)SCCNC(=O)CCNC(=O)C(O)C(C)(C)COP(=O)(O)OP(=O)(O)OC[C@H]1O[C@@H](n2cnc3c(N)ncnc32)[C@H](O)[C@@H]1OP(=O)(O)O. The second-order valence-electron chi connectivity index (χ2n) is 12.6. The molecule has 318 valence electrons. The van der Waals surface area contributed by atoms with Crippen LogP contribution >= 0.6 is 35.2 Å². The third kappa shape index (κ3) is 15.5. The Morgan fingerprint density at radius 3 is 2.49 bits per heavy atom. The Morgan fingerprint density at radius 1 is 1.11 bits per heavy atom. The van der Waals surface area contributed by atoms with Crippen molar-refractivity contribution in [2.75, 3.05) is 37.8 Å². The molecule has 0 aliphatic carbocycles. The first-order chi connectivity index (χ1) is 26.6. The van der Waals surface area contributed by atoms with Gasteiger partial charge in [-0.25, -0.2) is 28.6 Å². The Morgan fingerprint density at radius 2 is 1.81 bits per heavy atom. The zero-order chi connectivity index (χ0) is 42.6. The normalized spacial score (nSPS) is 21.4. The highest BCUT2D eigenvalue weighted by molar-refractivity contribution is 8.14. The van der Waals surface area contributed by atoms with Crippen molar-refractivity contribution in [3.63, 3.8) is 0 Å². The van der Waals surface area contributed by atoms with Crippen molar-refractivity contribution in [3.8, 4) is 11.8 Å². The Bertz CT molecular complexity index is 1970. The van der Waals surface area contributed by atoms with E-state index in [0.717, 1.165) is 41.8 Å². The van der Waals surface area contributed by atoms with E-state index in [4.69, 9.17) is 19.5 Å². The first-order valence-corrected chi connectivity index (χ1v) is 22.3. The number of aromatic nitrogens is 4. The maximum Gasteiger partial charge on any atom is 0.481 e. The maximum atomic E-state index is 12.7. The van der Waals surface area contributed by atoms with Crippen molar-refractivity contribution in [2.45, 2.75) is 70.7 Å². The number of carbonyl (C=O) groups is 3. The van der Waals surface area contributed by atoms with Gasteiger partial charge in [-0.1, -0.05) is 44.4 Å². The summed E-state index contributed by atoms with van der Waals surface area (Å²) < 4.78 is 62.1. The first-order valence-electron chi connectivity index (χ1n) is 16.8. The maximum absolute atomic E-state index is 12.7. The molecular formula is C29H44N7O17P3S. The minimum Gasteiger partial charge on any atom is -0.386 e. The van der Waals surface area contributed by atoms with Gasteiger partial charge in [-0.15, -0.1) is 0 Å². The molecule has 28 heteroatoms. The van der Waals surface area contributed by atoms with Crippen LogP contribution in [0.25, 0.3) is 11.2 Å². The van der Waals surface area contributed by atoms with Crippen LogP contribution in [0.15, 0.2) is 24.8 Å². The molecule has 10 N–H and O–H groups in total. The molecule has 2 aromatic heterocycles. The number of aliphatic hydroxyl groups excluding tert-OH is 2. The second kappa shape index (κ2) is 21.2. The monoisotopic (exact) mass is 887 g/mol. The number of rotatable bonds is 21. The van der Waals surface area contributed by atoms with Gasteiger partial charge in [0.25, 0.3) is 0 Å². The van der Waals surface area contributed by atoms with E-state index in [9.17, 15) is 57.9 Å². The Kier molecular flexibility index (Phi) is 18.0. The van der Waals surface area contributed by atoms with Gasteiger partial charge in [-0.2, -0.15) is 4.31 Å². The molecule has 57 heavy (non-hydrogen) atoms. The van der Waals surface area contributed by atoms with Crippen molar-refractivity contribution in [2.24, 2.45) is 5.41 Å². The van der Waals surface area contributed by atoms with E-state index in [1.165, 1.54) is 26.0 Å². The minimum absolute atomic E-state index is 0.0283. The quantitative estimate of drug-likeness (QED) is 0.0345. The van der Waals surface area contributed by atoms with Crippen LogP contribution in [-0.4, -0.2) is 123 Å². The smallest absolute Gasteiger partial charge is 0.386 e. The van der Waals surface area contributed by atoms with Gasteiger partial charge >= 0.3 is 23.5 Å². The number of allylic oxidation sites excluding steroid dienone is 1. The van der Waals surface area contributed by atoms with Gasteiger partial charge in [0.15, 0.2) is 17.7 Å². The number of nitrogens with one attached hydrogen (secondary N) is 2. The summed E-state index contributed by atoms with van der Waals surface area (Å²) in [5.74, 6) is 4.42. The second-order valence-corrected chi connectivity index (χ2v) is 18.0. The molecule has 1 aliphatic rings. The molecule has 0 spiro atoms. The summed E-state index contributed by atoms with van der Waals surface area (Å²) in [6.45, 7) is 2.41. The third-order valence-electron chi connectivity index (χ3n) is 7.53. The molecule has 1 aliphatic heterocycles. The first kappa shape index (κ1) is 48.2. The summed E-state index contributed by atoms with van der Waals surface area (Å²) >= 11 is 0.979. The molecule has 1 saturated heterocycles. The van der Waals surface area contributed by atoms with Crippen LogP contribution < -0.4 is 16.4 Å². The molecule has 2 aromatic rings. The van der Waals surface area contributed by atoms with Crippen LogP contribution in [0.5, 0.6) is 0 Å². The van der Waals surface area contributed by atoms with Crippen LogP contribution in [0, 0.1) is 17.3 Å². The number of thioether (sulfide) groups is 1. The van der Waals surface area contributed by atoms with E-state index in [2.05, 4.69) is 46.3 Å². The lowest BCUT2D eigenvalue weighted by Gasteiger charge is -2.30. The number of imidazole rings is 1. The van der Waals surface area contributed by atoms with Crippen molar-refractivity contribution in [3.05, 3.63) is 24.8 Å². The number of ether oxygens (including phenoxy) is 1. The Hall–Kier alpha value is -3.14. The summed E-state index contributed by atoms with van der Waals surface area (Å²) in [6, 6.07) is 0. The van der Waals surface area contributed by atoms with Gasteiger partial charge in [-0.3, -0.25) is 32.5 Å². The number of anilines is 1. The zero-order valence-electron chi connectivity index (χ0n) is 30.6. The summed E-state index contributed by atoms with van der Waals surface area (Å²) in [4.78, 5) is 87.4. The molecule has 7 atom stereocenters. The predicted octanol–water partition coefficient (Wildman–Crippen LogP) is 0.0244. The van der Waals surface area contributed by atoms with Crippen molar-refractivity contribution < 1.29 is 80.5 Å². The number of amides is 2. The number of phosphoric acid groups is 3. The average molecular weight is 888 g/mol. The molecule has 3 rings (SSSR count). The molecule has 1 fully saturated rings. The number of carbonyl (C=O) groups excluding carboxylic acids is 3. The van der Waals surface area contributed by atoms with E-state index >= 15 is 0 Å². The topological polar surface area (TPSA) is 364 Å². The molecule has 24 nitrogen and oxygen atoms in total. The molecule has 0 saturated carbocycles. The number of unbranched alkanes of at least 4 members (excludes halogenated alkanes) is 1. The largest absolute Gasteiger partial charge is 0.481 e. The number of hydrogen-bond acceptors (Lipinski definition) is 18. The van der Waals surface area contributed by atoms with Gasteiger partial charge in [0.2, 0.25) is 16.9 Å². The van der Waals surface area contributed by atoms with Crippen molar-refractivity contribution in [1.29, 1.82) is 0 Å². The van der Waals surface area contributed by atoms with Crippen LogP contribution in [0.2, 0.25) is 0 Å². The number of aliphatic hydroxyl groups is 2. The molecule has 3 unspecified atom stereocenters. The van der Waals surface area contributed by atoms with Gasteiger partial charge in [0.05, 0.1) is 19.5 Å². The highest BCUT2D eigenvalue weighted by Crippen LogP contribution is 2.61. The molecule has 3 heterocycles. The van der Waals surface area contributed by atoms with E-state index in [1.54, 1.807) is 0 Å². The van der Waals surface area contributed by atoms with E-state index in [0.29, 0.717) is 5.75 Å². The fraction of sp³-hybridized carbons (Fsp3) is 0.586. The fourth-order valence-corrected chi connectivity index (χ4v) is 8.09. The highest BCUT2D eigenvalue weighted by Gasteiger charge is 2.50. The minimum atomic E-state index is -5.57. The zero-order valence-corrected chi connectivity index (χ0v) is 34.1. The Labute approximate surface area is 329 Å². The fourth-order valence-electron chi connectivity index (χ4n) is 4.70. The number of phosphoric ester groups is 3. The number of hydrogen-bond donors (Lipinski definition) is 9. The average Bonchev–Trinajstić information content (AvgIpc) is 3.68.